The van der Waals surface area contributed by atoms with Crippen LogP contribution in [0.3, 0.4) is 0 Å². The van der Waals surface area contributed by atoms with Crippen molar-refractivity contribution in [1.29, 1.82) is 0 Å². The fourth-order valence-electron chi connectivity index (χ4n) is 3.76. The lowest BCUT2D eigenvalue weighted by Gasteiger charge is -2.30. The predicted molar refractivity (Wildman–Crippen MR) is 128 cm³/mol. The van der Waals surface area contributed by atoms with E-state index in [0.29, 0.717) is 5.75 Å². The zero-order valence-corrected chi connectivity index (χ0v) is 19.0. The van der Waals surface area contributed by atoms with Gasteiger partial charge in [-0.2, -0.15) is 0 Å². The minimum Gasteiger partial charge on any atom is -0.484 e. The second kappa shape index (κ2) is 9.81. The molecular weight excluding hydrogens is 400 g/mol. The van der Waals surface area contributed by atoms with Crippen molar-refractivity contribution in [2.24, 2.45) is 5.92 Å². The van der Waals surface area contributed by atoms with Crippen LogP contribution in [-0.2, 0) is 4.79 Å². The average Bonchev–Trinajstić information content (AvgIpc) is 2.81. The van der Waals surface area contributed by atoms with E-state index in [2.05, 4.69) is 27.3 Å². The standard InChI is InChI=1S/C26H30N4O2/c1-18-12-14-30(15-13-18)25-11-10-24(28-29-25)21-5-7-22(8-6-21)27-26(31)17-32-23-9-4-19(2)20(3)16-23/h4-11,16,18H,12-15,17H2,1-3H3,(H,27,31). The van der Waals surface area contributed by atoms with Gasteiger partial charge < -0.3 is 15.0 Å². The van der Waals surface area contributed by atoms with Crippen LogP contribution in [0, 0.1) is 19.8 Å². The molecule has 1 N–H and O–H groups in total. The Hall–Kier alpha value is -3.41. The quantitative estimate of drug-likeness (QED) is 0.595. The first-order valence-corrected chi connectivity index (χ1v) is 11.2. The van der Waals surface area contributed by atoms with Crippen molar-refractivity contribution < 1.29 is 9.53 Å². The van der Waals surface area contributed by atoms with E-state index in [1.807, 2.05) is 68.4 Å². The van der Waals surface area contributed by atoms with E-state index < -0.39 is 0 Å². The lowest BCUT2D eigenvalue weighted by molar-refractivity contribution is -0.118. The van der Waals surface area contributed by atoms with E-state index in [1.165, 1.54) is 18.4 Å². The summed E-state index contributed by atoms with van der Waals surface area (Å²) in [6.45, 7) is 8.41. The summed E-state index contributed by atoms with van der Waals surface area (Å²) in [6.07, 6.45) is 2.40. The minimum atomic E-state index is -0.198. The fourth-order valence-corrected chi connectivity index (χ4v) is 3.76. The van der Waals surface area contributed by atoms with E-state index in [9.17, 15) is 4.79 Å². The molecule has 1 aliphatic rings. The Bertz CT molecular complexity index is 1060. The van der Waals surface area contributed by atoms with Gasteiger partial charge in [0.25, 0.3) is 5.91 Å². The number of anilines is 2. The molecule has 0 bridgehead atoms. The van der Waals surface area contributed by atoms with Gasteiger partial charge in [0.1, 0.15) is 5.75 Å². The molecule has 2 heterocycles. The number of nitrogens with zero attached hydrogens (tertiary/aromatic N) is 3. The third-order valence-electron chi connectivity index (χ3n) is 6.07. The molecule has 0 radical (unpaired) electrons. The molecular formula is C26H30N4O2. The number of rotatable bonds is 6. The summed E-state index contributed by atoms with van der Waals surface area (Å²) in [6, 6.07) is 17.5. The number of nitrogens with one attached hydrogen (secondary N) is 1. The number of hydrogen-bond acceptors (Lipinski definition) is 5. The van der Waals surface area contributed by atoms with Crippen LogP contribution >= 0.6 is 0 Å². The van der Waals surface area contributed by atoms with Crippen molar-refractivity contribution in [3.63, 3.8) is 0 Å². The summed E-state index contributed by atoms with van der Waals surface area (Å²) in [5.74, 6) is 2.22. The SMILES string of the molecule is Cc1ccc(OCC(=O)Nc2ccc(-c3ccc(N4CCC(C)CC4)nn3)cc2)cc1C. The largest absolute Gasteiger partial charge is 0.484 e. The number of ether oxygens (including phenoxy) is 1. The van der Waals surface area contributed by atoms with Crippen LogP contribution in [0.15, 0.2) is 54.6 Å². The second-order valence-electron chi connectivity index (χ2n) is 8.61. The van der Waals surface area contributed by atoms with Crippen molar-refractivity contribution in [3.05, 3.63) is 65.7 Å². The van der Waals surface area contributed by atoms with Gasteiger partial charge in [0.05, 0.1) is 5.69 Å². The van der Waals surface area contributed by atoms with Crippen LogP contribution in [0.5, 0.6) is 5.75 Å². The normalized spacial score (nSPS) is 14.3. The number of piperidine rings is 1. The van der Waals surface area contributed by atoms with E-state index in [4.69, 9.17) is 4.74 Å². The Labute approximate surface area is 189 Å². The molecule has 1 amide bonds. The van der Waals surface area contributed by atoms with Gasteiger partial charge in [-0.3, -0.25) is 4.79 Å². The molecule has 32 heavy (non-hydrogen) atoms. The average molecular weight is 431 g/mol. The molecule has 1 saturated heterocycles. The Morgan fingerprint density at radius 2 is 1.75 bits per heavy atom. The van der Waals surface area contributed by atoms with E-state index in [1.54, 1.807) is 0 Å². The Morgan fingerprint density at radius 3 is 2.41 bits per heavy atom. The van der Waals surface area contributed by atoms with Crippen LogP contribution < -0.4 is 15.0 Å². The molecule has 0 spiro atoms. The predicted octanol–water partition coefficient (Wildman–Crippen LogP) is 5.01. The number of hydrogen-bond donors (Lipinski definition) is 1. The first-order valence-electron chi connectivity index (χ1n) is 11.2. The van der Waals surface area contributed by atoms with Gasteiger partial charge in [0.2, 0.25) is 0 Å². The molecule has 6 heteroatoms. The molecule has 0 unspecified atom stereocenters. The maximum atomic E-state index is 12.2. The number of amides is 1. The molecule has 6 nitrogen and oxygen atoms in total. The van der Waals surface area contributed by atoms with E-state index >= 15 is 0 Å². The molecule has 1 aromatic heterocycles. The molecule has 166 valence electrons. The van der Waals surface area contributed by atoms with Crippen LogP contribution in [0.4, 0.5) is 11.5 Å². The molecule has 1 fully saturated rings. The number of aryl methyl sites for hydroxylation is 2. The van der Waals surface area contributed by atoms with Crippen molar-refractivity contribution >= 4 is 17.4 Å². The van der Waals surface area contributed by atoms with Crippen molar-refractivity contribution in [1.82, 2.24) is 10.2 Å². The van der Waals surface area contributed by atoms with Gasteiger partial charge in [0, 0.05) is 24.3 Å². The Balaban J connectivity index is 1.31. The van der Waals surface area contributed by atoms with Gasteiger partial charge in [-0.15, -0.1) is 10.2 Å². The zero-order chi connectivity index (χ0) is 22.5. The Morgan fingerprint density at radius 1 is 1.00 bits per heavy atom. The number of carbonyl (C=O) groups is 1. The molecule has 0 atom stereocenters. The third kappa shape index (κ3) is 5.44. The van der Waals surface area contributed by atoms with Gasteiger partial charge in [-0.05, 0) is 80.1 Å². The first kappa shape index (κ1) is 21.8. The topological polar surface area (TPSA) is 67.3 Å². The van der Waals surface area contributed by atoms with Crippen molar-refractivity contribution in [2.75, 3.05) is 29.9 Å². The lowest BCUT2D eigenvalue weighted by Crippen LogP contribution is -2.33. The van der Waals surface area contributed by atoms with Gasteiger partial charge in [-0.1, -0.05) is 25.1 Å². The van der Waals surface area contributed by atoms with Crippen LogP contribution in [-0.4, -0.2) is 35.8 Å². The molecule has 0 aliphatic carbocycles. The summed E-state index contributed by atoms with van der Waals surface area (Å²) in [5.41, 5.74) is 4.83. The smallest absolute Gasteiger partial charge is 0.262 e. The van der Waals surface area contributed by atoms with Crippen LogP contribution in [0.2, 0.25) is 0 Å². The molecule has 1 aliphatic heterocycles. The third-order valence-corrected chi connectivity index (χ3v) is 6.07. The number of aromatic nitrogens is 2. The van der Waals surface area contributed by atoms with Gasteiger partial charge in [0.15, 0.2) is 12.4 Å². The summed E-state index contributed by atoms with van der Waals surface area (Å²) in [5, 5.41) is 11.7. The van der Waals surface area contributed by atoms with E-state index in [0.717, 1.165) is 47.3 Å². The van der Waals surface area contributed by atoms with Crippen molar-refractivity contribution in [3.8, 4) is 17.0 Å². The second-order valence-corrected chi connectivity index (χ2v) is 8.61. The monoisotopic (exact) mass is 430 g/mol. The zero-order valence-electron chi connectivity index (χ0n) is 19.0. The van der Waals surface area contributed by atoms with Crippen LogP contribution in [0.1, 0.15) is 30.9 Å². The fraction of sp³-hybridized carbons (Fsp3) is 0.346. The van der Waals surface area contributed by atoms with Gasteiger partial charge in [-0.25, -0.2) is 0 Å². The highest BCUT2D eigenvalue weighted by Gasteiger charge is 2.17. The highest BCUT2D eigenvalue weighted by Crippen LogP contribution is 2.24. The maximum absolute atomic E-state index is 12.2. The van der Waals surface area contributed by atoms with Gasteiger partial charge >= 0.3 is 0 Å². The minimum absolute atomic E-state index is 0.0353. The highest BCUT2D eigenvalue weighted by molar-refractivity contribution is 5.92. The first-order chi connectivity index (χ1) is 15.5. The number of carbonyl (C=O) groups excluding carboxylic acids is 1. The molecule has 0 saturated carbocycles. The summed E-state index contributed by atoms with van der Waals surface area (Å²) >= 11 is 0. The summed E-state index contributed by atoms with van der Waals surface area (Å²) in [4.78, 5) is 14.5. The molecule has 3 aromatic rings. The Kier molecular flexibility index (Phi) is 6.69. The lowest BCUT2D eigenvalue weighted by atomic mass is 9.99. The highest BCUT2D eigenvalue weighted by atomic mass is 16.5. The van der Waals surface area contributed by atoms with Crippen molar-refractivity contribution in [2.45, 2.75) is 33.6 Å². The van der Waals surface area contributed by atoms with E-state index in [-0.39, 0.29) is 12.5 Å². The maximum Gasteiger partial charge on any atom is 0.262 e. The summed E-state index contributed by atoms with van der Waals surface area (Å²) in [7, 11) is 0. The molecule has 2 aromatic carbocycles. The summed E-state index contributed by atoms with van der Waals surface area (Å²) < 4.78 is 5.60. The van der Waals surface area contributed by atoms with Crippen LogP contribution in [0.25, 0.3) is 11.3 Å². The molecule has 4 rings (SSSR count). The number of benzene rings is 2.